The predicted octanol–water partition coefficient (Wildman–Crippen LogP) is 2.89. The molecule has 1 fully saturated rings. The summed E-state index contributed by atoms with van der Waals surface area (Å²) >= 11 is 1.67. The number of benzene rings is 1. The molecule has 1 N–H and O–H groups in total. The zero-order valence-electron chi connectivity index (χ0n) is 18.3. The third kappa shape index (κ3) is 5.53. The fourth-order valence-corrected chi connectivity index (χ4v) is 6.13. The maximum absolute atomic E-state index is 13.1. The summed E-state index contributed by atoms with van der Waals surface area (Å²) in [7, 11) is -3.62. The Bertz CT molecular complexity index is 967. The second kappa shape index (κ2) is 10.7. The van der Waals surface area contributed by atoms with E-state index in [2.05, 4.69) is 16.3 Å². The fourth-order valence-electron chi connectivity index (χ4n) is 3.78. The van der Waals surface area contributed by atoms with Crippen molar-refractivity contribution in [1.82, 2.24) is 14.5 Å². The van der Waals surface area contributed by atoms with Crippen LogP contribution in [0.25, 0.3) is 0 Å². The van der Waals surface area contributed by atoms with Crippen LogP contribution in [0.3, 0.4) is 0 Å². The molecule has 0 unspecified atom stereocenters. The van der Waals surface area contributed by atoms with Gasteiger partial charge < -0.3 is 10.1 Å². The van der Waals surface area contributed by atoms with Gasteiger partial charge in [-0.25, -0.2) is 8.42 Å². The van der Waals surface area contributed by atoms with Crippen molar-refractivity contribution >= 4 is 27.3 Å². The Morgan fingerprint density at radius 3 is 2.55 bits per heavy atom. The molecule has 0 saturated carbocycles. The topological polar surface area (TPSA) is 79.0 Å². The number of hydrogen-bond donors (Lipinski definition) is 1. The maximum Gasteiger partial charge on any atom is 0.251 e. The second-order valence-electron chi connectivity index (χ2n) is 7.46. The van der Waals surface area contributed by atoms with Gasteiger partial charge in [0.2, 0.25) is 10.0 Å². The lowest BCUT2D eigenvalue weighted by atomic mass is 10.1. The van der Waals surface area contributed by atoms with Gasteiger partial charge in [-0.2, -0.15) is 4.31 Å². The van der Waals surface area contributed by atoms with Gasteiger partial charge in [-0.1, -0.05) is 26.0 Å². The van der Waals surface area contributed by atoms with Crippen LogP contribution < -0.4 is 5.32 Å². The minimum absolute atomic E-state index is 0.0655. The van der Waals surface area contributed by atoms with Gasteiger partial charge in [0.05, 0.1) is 24.2 Å². The van der Waals surface area contributed by atoms with E-state index in [4.69, 9.17) is 4.74 Å². The minimum atomic E-state index is -3.62. The highest BCUT2D eigenvalue weighted by molar-refractivity contribution is 7.89. The summed E-state index contributed by atoms with van der Waals surface area (Å²) < 4.78 is 32.6. The van der Waals surface area contributed by atoms with Gasteiger partial charge in [0, 0.05) is 43.2 Å². The summed E-state index contributed by atoms with van der Waals surface area (Å²) in [5.41, 5.74) is 1.13. The third-order valence-corrected chi connectivity index (χ3v) is 8.63. The lowest BCUT2D eigenvalue weighted by Crippen LogP contribution is -2.43. The first-order chi connectivity index (χ1) is 14.9. The minimum Gasteiger partial charge on any atom is -0.379 e. The van der Waals surface area contributed by atoms with Crippen molar-refractivity contribution in [2.24, 2.45) is 0 Å². The van der Waals surface area contributed by atoms with Gasteiger partial charge in [0.25, 0.3) is 5.91 Å². The number of nitrogens with zero attached hydrogens (tertiary/aromatic N) is 2. The number of thiophene rings is 1. The Morgan fingerprint density at radius 2 is 1.94 bits per heavy atom. The molecule has 0 radical (unpaired) electrons. The molecular weight excluding hydrogens is 434 g/mol. The van der Waals surface area contributed by atoms with Gasteiger partial charge in [0.15, 0.2) is 0 Å². The quantitative estimate of drug-likeness (QED) is 0.616. The molecule has 9 heteroatoms. The number of morpholine rings is 1. The molecule has 7 nitrogen and oxygen atoms in total. The summed E-state index contributed by atoms with van der Waals surface area (Å²) in [6.45, 7) is 9.64. The molecule has 2 aromatic rings. The van der Waals surface area contributed by atoms with Crippen molar-refractivity contribution in [3.05, 3.63) is 51.7 Å². The molecule has 1 aliphatic rings. The molecular formula is C22H31N3O4S2. The number of amides is 1. The highest BCUT2D eigenvalue weighted by Gasteiger charge is 2.26. The number of aryl methyl sites for hydroxylation is 1. The molecule has 1 aromatic carbocycles. The normalized spacial score (nSPS) is 16.4. The van der Waals surface area contributed by atoms with Crippen molar-refractivity contribution in [2.75, 3.05) is 45.9 Å². The molecule has 1 aliphatic heterocycles. The van der Waals surface area contributed by atoms with Gasteiger partial charge in [0.1, 0.15) is 0 Å². The van der Waals surface area contributed by atoms with E-state index < -0.39 is 10.0 Å². The Hall–Kier alpha value is -1.78. The van der Waals surface area contributed by atoms with E-state index in [-0.39, 0.29) is 16.8 Å². The van der Waals surface area contributed by atoms with Gasteiger partial charge in [-0.15, -0.1) is 11.3 Å². The zero-order chi connectivity index (χ0) is 22.4. The molecule has 31 heavy (non-hydrogen) atoms. The molecule has 170 valence electrons. The van der Waals surface area contributed by atoms with Crippen LogP contribution in [0.5, 0.6) is 0 Å². The largest absolute Gasteiger partial charge is 0.379 e. The van der Waals surface area contributed by atoms with Crippen LogP contribution in [0.15, 0.2) is 40.6 Å². The number of ether oxygens (including phenoxy) is 1. The van der Waals surface area contributed by atoms with E-state index in [0.717, 1.165) is 18.7 Å². The van der Waals surface area contributed by atoms with Crippen LogP contribution in [0.2, 0.25) is 0 Å². The van der Waals surface area contributed by atoms with Crippen LogP contribution in [0.4, 0.5) is 0 Å². The maximum atomic E-state index is 13.1. The lowest BCUT2D eigenvalue weighted by Gasteiger charge is -2.34. The highest BCUT2D eigenvalue weighted by atomic mass is 32.2. The molecule has 0 spiro atoms. The zero-order valence-corrected chi connectivity index (χ0v) is 20.0. The van der Waals surface area contributed by atoms with Gasteiger partial charge >= 0.3 is 0 Å². The smallest absolute Gasteiger partial charge is 0.251 e. The van der Waals surface area contributed by atoms with Crippen molar-refractivity contribution in [3.63, 3.8) is 0 Å². The Labute approximate surface area is 189 Å². The Morgan fingerprint density at radius 1 is 1.23 bits per heavy atom. The molecule has 1 atom stereocenters. The van der Waals surface area contributed by atoms with E-state index in [1.807, 2.05) is 18.4 Å². The number of carbonyl (C=O) groups excluding carboxylic acids is 1. The summed E-state index contributed by atoms with van der Waals surface area (Å²) in [5, 5.41) is 5.08. The number of nitrogens with one attached hydrogen (secondary N) is 1. The first-order valence-electron chi connectivity index (χ1n) is 10.6. The van der Waals surface area contributed by atoms with Crippen molar-refractivity contribution in [2.45, 2.75) is 31.7 Å². The van der Waals surface area contributed by atoms with Crippen LogP contribution in [0.1, 0.15) is 40.7 Å². The van der Waals surface area contributed by atoms with Crippen molar-refractivity contribution in [1.29, 1.82) is 0 Å². The Kier molecular flexibility index (Phi) is 8.23. The molecule has 3 rings (SSSR count). The highest BCUT2D eigenvalue weighted by Crippen LogP contribution is 2.26. The van der Waals surface area contributed by atoms with E-state index in [1.54, 1.807) is 37.3 Å². The van der Waals surface area contributed by atoms with Crippen LogP contribution in [-0.4, -0.2) is 69.5 Å². The van der Waals surface area contributed by atoms with E-state index in [1.165, 1.54) is 15.2 Å². The average molecular weight is 466 g/mol. The van der Waals surface area contributed by atoms with Crippen molar-refractivity contribution in [3.8, 4) is 0 Å². The molecule has 1 aromatic heterocycles. The summed E-state index contributed by atoms with van der Waals surface area (Å²) in [4.78, 5) is 16.7. The number of rotatable bonds is 9. The van der Waals surface area contributed by atoms with Crippen LogP contribution >= 0.6 is 11.3 Å². The average Bonchev–Trinajstić information content (AvgIpc) is 3.30. The monoisotopic (exact) mass is 465 g/mol. The van der Waals surface area contributed by atoms with Crippen LogP contribution in [-0.2, 0) is 14.8 Å². The van der Waals surface area contributed by atoms with E-state index >= 15 is 0 Å². The molecule has 0 aliphatic carbocycles. The van der Waals surface area contributed by atoms with Gasteiger partial charge in [-0.05, 0) is 36.1 Å². The lowest BCUT2D eigenvalue weighted by molar-refractivity contribution is 0.0169. The third-order valence-electron chi connectivity index (χ3n) is 5.61. The molecule has 1 amide bonds. The predicted molar refractivity (Wildman–Crippen MR) is 123 cm³/mol. The number of sulfonamides is 1. The summed E-state index contributed by atoms with van der Waals surface area (Å²) in [6.07, 6.45) is 0. The fraction of sp³-hybridized carbons (Fsp3) is 0.500. The van der Waals surface area contributed by atoms with E-state index in [9.17, 15) is 13.2 Å². The standard InChI is InChI=1S/C22H31N3O4S2/c1-4-25(5-2)31(27,28)18-9-8-17(3)19(15-18)22(26)23-16-20(21-7-6-14-30-21)24-10-12-29-13-11-24/h6-9,14-15,20H,4-5,10-13,16H2,1-3H3,(H,23,26)/t20-/m1/s1. The van der Waals surface area contributed by atoms with Gasteiger partial charge in [-0.3, -0.25) is 9.69 Å². The molecule has 1 saturated heterocycles. The van der Waals surface area contributed by atoms with E-state index in [0.29, 0.717) is 38.4 Å². The Balaban J connectivity index is 1.79. The summed E-state index contributed by atoms with van der Waals surface area (Å²) in [6, 6.07) is 8.93. The number of hydrogen-bond acceptors (Lipinski definition) is 6. The molecule has 0 bridgehead atoms. The first-order valence-corrected chi connectivity index (χ1v) is 12.9. The molecule has 2 heterocycles. The SMILES string of the molecule is CCN(CC)S(=O)(=O)c1ccc(C)c(C(=O)NC[C@H](c2cccs2)N2CCOCC2)c1. The first kappa shape index (κ1) is 23.9. The van der Waals surface area contributed by atoms with Crippen LogP contribution in [0, 0.1) is 6.92 Å². The number of carbonyl (C=O) groups is 1. The second-order valence-corrected chi connectivity index (χ2v) is 10.4. The van der Waals surface area contributed by atoms with Crippen molar-refractivity contribution < 1.29 is 17.9 Å². The summed E-state index contributed by atoms with van der Waals surface area (Å²) in [5.74, 6) is -0.260.